The number of hydrogen-bond donors (Lipinski definition) is 1. The number of nitro benzene ring substituents is 1. The molecule has 0 unspecified atom stereocenters. The molecule has 1 aliphatic rings. The summed E-state index contributed by atoms with van der Waals surface area (Å²) in [6.45, 7) is 0. The Labute approximate surface area is 142 Å². The van der Waals surface area contributed by atoms with E-state index in [-0.39, 0.29) is 36.3 Å². The third kappa shape index (κ3) is 4.60. The third-order valence-electron chi connectivity index (χ3n) is 4.17. The van der Waals surface area contributed by atoms with Crippen LogP contribution >= 0.6 is 0 Å². The van der Waals surface area contributed by atoms with E-state index < -0.39 is 38.8 Å². The van der Waals surface area contributed by atoms with E-state index in [9.17, 15) is 31.7 Å². The lowest BCUT2D eigenvalue weighted by atomic mass is 9.86. The van der Waals surface area contributed by atoms with E-state index >= 15 is 0 Å². The van der Waals surface area contributed by atoms with Gasteiger partial charge in [0.15, 0.2) is 5.75 Å². The molecule has 7 nitrogen and oxygen atoms in total. The summed E-state index contributed by atoms with van der Waals surface area (Å²) in [4.78, 5) is 9.88. The van der Waals surface area contributed by atoms with Crippen LogP contribution in [0, 0.1) is 16.0 Å². The van der Waals surface area contributed by atoms with E-state index in [4.69, 9.17) is 4.74 Å². The second kappa shape index (κ2) is 7.16. The van der Waals surface area contributed by atoms with Gasteiger partial charge in [-0.2, -0.15) is 13.2 Å². The minimum Gasteiger partial charge on any atom is -0.490 e. The van der Waals surface area contributed by atoms with Crippen molar-refractivity contribution in [3.05, 3.63) is 28.3 Å². The molecule has 1 aromatic carbocycles. The van der Waals surface area contributed by atoms with Crippen molar-refractivity contribution < 1.29 is 31.2 Å². The molecule has 1 N–H and O–H groups in total. The molecule has 0 bridgehead atoms. The largest absolute Gasteiger partial charge is 0.490 e. The molecule has 1 saturated carbocycles. The van der Waals surface area contributed by atoms with Crippen molar-refractivity contribution in [2.45, 2.75) is 42.8 Å². The van der Waals surface area contributed by atoms with Crippen LogP contribution in [-0.4, -0.2) is 32.7 Å². The Morgan fingerprint density at radius 1 is 1.24 bits per heavy atom. The standard InChI is InChI=1S/C14H17F3N2O5S/c1-24-13-7-6-11(8-12(13)19(20)21)25(22,23)18-10-4-2-9(3-5-10)14(15,16)17/h6-10,18H,2-5H2,1H3. The summed E-state index contributed by atoms with van der Waals surface area (Å²) < 4.78 is 69.8. The molecule has 1 aromatic rings. The van der Waals surface area contributed by atoms with Gasteiger partial charge in [-0.25, -0.2) is 13.1 Å². The van der Waals surface area contributed by atoms with Gasteiger partial charge in [-0.3, -0.25) is 10.1 Å². The molecule has 0 saturated heterocycles. The molecular weight excluding hydrogens is 365 g/mol. The highest BCUT2D eigenvalue weighted by Crippen LogP contribution is 2.38. The highest BCUT2D eigenvalue weighted by atomic mass is 32.2. The maximum Gasteiger partial charge on any atom is 0.391 e. The summed E-state index contributed by atoms with van der Waals surface area (Å²) in [5, 5.41) is 11.0. The predicted octanol–water partition coefficient (Wildman–Crippen LogP) is 3.00. The molecule has 11 heteroatoms. The van der Waals surface area contributed by atoms with Gasteiger partial charge in [0.2, 0.25) is 10.0 Å². The fourth-order valence-electron chi connectivity index (χ4n) is 2.81. The first-order chi connectivity index (χ1) is 11.5. The van der Waals surface area contributed by atoms with E-state index in [1.165, 1.54) is 7.11 Å². The minimum absolute atomic E-state index is 0.0572. The lowest BCUT2D eigenvalue weighted by Crippen LogP contribution is -2.40. The number of sulfonamides is 1. The molecule has 0 radical (unpaired) electrons. The van der Waals surface area contributed by atoms with Crippen LogP contribution in [0.2, 0.25) is 0 Å². The van der Waals surface area contributed by atoms with Gasteiger partial charge in [0, 0.05) is 12.1 Å². The van der Waals surface area contributed by atoms with E-state index in [0.29, 0.717) is 0 Å². The molecule has 0 aliphatic heterocycles. The summed E-state index contributed by atoms with van der Waals surface area (Å²) in [6.07, 6.45) is -4.47. The van der Waals surface area contributed by atoms with Gasteiger partial charge in [-0.15, -0.1) is 0 Å². The van der Waals surface area contributed by atoms with Crippen LogP contribution in [0.25, 0.3) is 0 Å². The summed E-state index contributed by atoms with van der Waals surface area (Å²) in [5.41, 5.74) is -0.508. The Kier molecular flexibility index (Phi) is 5.57. The van der Waals surface area contributed by atoms with Crippen LogP contribution in [0.1, 0.15) is 25.7 Å². The summed E-state index contributed by atoms with van der Waals surface area (Å²) >= 11 is 0. The van der Waals surface area contributed by atoms with Crippen LogP contribution in [0.5, 0.6) is 5.75 Å². The van der Waals surface area contributed by atoms with Gasteiger partial charge in [-0.1, -0.05) is 0 Å². The molecule has 0 atom stereocenters. The van der Waals surface area contributed by atoms with Crippen molar-refractivity contribution in [2.75, 3.05) is 7.11 Å². The van der Waals surface area contributed by atoms with Gasteiger partial charge in [0.1, 0.15) is 0 Å². The van der Waals surface area contributed by atoms with Crippen LogP contribution < -0.4 is 9.46 Å². The smallest absolute Gasteiger partial charge is 0.391 e. The Morgan fingerprint density at radius 2 is 1.84 bits per heavy atom. The Balaban J connectivity index is 2.13. The van der Waals surface area contributed by atoms with Crippen molar-refractivity contribution in [3.8, 4) is 5.75 Å². The Bertz CT molecular complexity index is 743. The van der Waals surface area contributed by atoms with Gasteiger partial charge in [0.25, 0.3) is 0 Å². The number of ether oxygens (including phenoxy) is 1. The maximum atomic E-state index is 12.6. The first-order valence-corrected chi connectivity index (χ1v) is 8.94. The zero-order chi connectivity index (χ0) is 18.8. The van der Waals surface area contributed by atoms with E-state index in [2.05, 4.69) is 4.72 Å². The second-order valence-electron chi connectivity index (χ2n) is 5.80. The number of halogens is 3. The SMILES string of the molecule is COc1ccc(S(=O)(=O)NC2CCC(C(F)(F)F)CC2)cc1[N+](=O)[O-]. The molecule has 25 heavy (non-hydrogen) atoms. The van der Waals surface area contributed by atoms with Crippen molar-refractivity contribution in [1.29, 1.82) is 0 Å². The maximum absolute atomic E-state index is 12.6. The summed E-state index contributed by atoms with van der Waals surface area (Å²) in [7, 11) is -2.87. The third-order valence-corrected chi connectivity index (χ3v) is 5.69. The van der Waals surface area contributed by atoms with Crippen LogP contribution in [0.15, 0.2) is 23.1 Å². The average molecular weight is 382 g/mol. The number of nitro groups is 1. The Morgan fingerprint density at radius 3 is 2.32 bits per heavy atom. The molecule has 1 fully saturated rings. The number of nitrogens with one attached hydrogen (secondary N) is 1. The van der Waals surface area contributed by atoms with Crippen LogP contribution in [0.3, 0.4) is 0 Å². The van der Waals surface area contributed by atoms with Gasteiger partial charge in [0.05, 0.1) is 22.8 Å². The van der Waals surface area contributed by atoms with Gasteiger partial charge in [-0.05, 0) is 37.8 Å². The van der Waals surface area contributed by atoms with E-state index in [1.807, 2.05) is 0 Å². The number of hydrogen-bond acceptors (Lipinski definition) is 5. The molecule has 0 aromatic heterocycles. The number of benzene rings is 1. The fraction of sp³-hybridized carbons (Fsp3) is 0.571. The molecule has 0 heterocycles. The zero-order valence-electron chi connectivity index (χ0n) is 13.2. The zero-order valence-corrected chi connectivity index (χ0v) is 14.1. The molecule has 140 valence electrons. The summed E-state index contributed by atoms with van der Waals surface area (Å²) in [6, 6.07) is 2.54. The monoisotopic (exact) mass is 382 g/mol. The van der Waals surface area contributed by atoms with Crippen molar-refractivity contribution >= 4 is 15.7 Å². The first-order valence-electron chi connectivity index (χ1n) is 7.46. The van der Waals surface area contributed by atoms with Crippen LogP contribution in [0.4, 0.5) is 18.9 Å². The number of alkyl halides is 3. The minimum atomic E-state index is -4.28. The molecule has 0 amide bonds. The molecular formula is C14H17F3N2O5S. The second-order valence-corrected chi connectivity index (χ2v) is 7.52. The van der Waals surface area contributed by atoms with Gasteiger partial charge < -0.3 is 4.74 Å². The van der Waals surface area contributed by atoms with E-state index in [0.717, 1.165) is 18.2 Å². The number of rotatable bonds is 5. The highest BCUT2D eigenvalue weighted by molar-refractivity contribution is 7.89. The van der Waals surface area contributed by atoms with Crippen molar-refractivity contribution in [1.82, 2.24) is 4.72 Å². The fourth-order valence-corrected chi connectivity index (χ4v) is 4.13. The average Bonchev–Trinajstić information content (AvgIpc) is 2.53. The highest BCUT2D eigenvalue weighted by Gasteiger charge is 2.42. The quantitative estimate of drug-likeness (QED) is 0.623. The van der Waals surface area contributed by atoms with E-state index in [1.54, 1.807) is 0 Å². The molecule has 1 aliphatic carbocycles. The summed E-state index contributed by atoms with van der Waals surface area (Å²) in [5.74, 6) is -1.51. The lowest BCUT2D eigenvalue weighted by Gasteiger charge is -2.30. The predicted molar refractivity (Wildman–Crippen MR) is 81.8 cm³/mol. The lowest BCUT2D eigenvalue weighted by molar-refractivity contribution is -0.386. The van der Waals surface area contributed by atoms with Crippen molar-refractivity contribution in [3.63, 3.8) is 0 Å². The number of nitrogens with zero attached hydrogens (tertiary/aromatic N) is 1. The van der Waals surface area contributed by atoms with Gasteiger partial charge >= 0.3 is 11.9 Å². The van der Waals surface area contributed by atoms with Crippen molar-refractivity contribution in [2.24, 2.45) is 5.92 Å². The topological polar surface area (TPSA) is 98.5 Å². The normalized spacial score (nSPS) is 21.8. The van der Waals surface area contributed by atoms with Crippen LogP contribution in [-0.2, 0) is 10.0 Å². The first kappa shape index (κ1) is 19.4. The Hall–Kier alpha value is -1.88. The number of methoxy groups -OCH3 is 1. The molecule has 0 spiro atoms. The molecule has 2 rings (SSSR count).